The second kappa shape index (κ2) is 6.58. The van der Waals surface area contributed by atoms with Crippen molar-refractivity contribution in [3.05, 3.63) is 60.4 Å². The van der Waals surface area contributed by atoms with E-state index in [0.29, 0.717) is 13.1 Å². The maximum atomic E-state index is 12.5. The zero-order valence-electron chi connectivity index (χ0n) is 12.3. The lowest BCUT2D eigenvalue weighted by molar-refractivity contribution is -0.131. The van der Waals surface area contributed by atoms with E-state index in [4.69, 9.17) is 10.5 Å². The van der Waals surface area contributed by atoms with Crippen molar-refractivity contribution in [2.45, 2.75) is 18.6 Å². The smallest absolute Gasteiger partial charge is 0.244 e. The van der Waals surface area contributed by atoms with Crippen LogP contribution in [-0.2, 0) is 4.79 Å². The van der Waals surface area contributed by atoms with Gasteiger partial charge in [-0.1, -0.05) is 30.3 Å². The third-order valence-corrected chi connectivity index (χ3v) is 3.82. The standard InChI is InChI=1S/C17H19N3O2/c18-16(13-5-2-1-3-6-13)17(21)20-10-8-15(12-20)22-14-7-4-9-19-11-14/h1-7,9,11,15-16H,8,10,12,18H2/t15-,16-/m0/s1. The number of carbonyl (C=O) groups is 1. The SMILES string of the molecule is N[C@H](C(=O)N1CC[C@H](Oc2cccnc2)C1)c1ccccc1. The number of benzene rings is 1. The number of hydrogen-bond donors (Lipinski definition) is 1. The van der Waals surface area contributed by atoms with Crippen molar-refractivity contribution < 1.29 is 9.53 Å². The molecule has 2 N–H and O–H groups in total. The van der Waals surface area contributed by atoms with Gasteiger partial charge in [-0.3, -0.25) is 9.78 Å². The van der Waals surface area contributed by atoms with Gasteiger partial charge < -0.3 is 15.4 Å². The normalized spacial score (nSPS) is 19.0. The van der Waals surface area contributed by atoms with Gasteiger partial charge in [0.1, 0.15) is 17.9 Å². The zero-order chi connectivity index (χ0) is 15.4. The van der Waals surface area contributed by atoms with Gasteiger partial charge in [-0.25, -0.2) is 0 Å². The molecule has 0 unspecified atom stereocenters. The molecular weight excluding hydrogens is 278 g/mol. The lowest BCUT2D eigenvalue weighted by Crippen LogP contribution is -2.38. The number of rotatable bonds is 4. The highest BCUT2D eigenvalue weighted by atomic mass is 16.5. The van der Waals surface area contributed by atoms with E-state index < -0.39 is 6.04 Å². The molecule has 2 aromatic rings. The quantitative estimate of drug-likeness (QED) is 0.933. The Morgan fingerprint density at radius 1 is 1.27 bits per heavy atom. The second-order valence-electron chi connectivity index (χ2n) is 5.39. The van der Waals surface area contributed by atoms with E-state index in [1.807, 2.05) is 42.5 Å². The summed E-state index contributed by atoms with van der Waals surface area (Å²) in [4.78, 5) is 18.3. The number of aromatic nitrogens is 1. The molecule has 2 atom stereocenters. The number of amides is 1. The van der Waals surface area contributed by atoms with Crippen molar-refractivity contribution in [3.63, 3.8) is 0 Å². The first-order valence-electron chi connectivity index (χ1n) is 7.40. The molecular formula is C17H19N3O2. The molecule has 0 aliphatic carbocycles. The van der Waals surface area contributed by atoms with Crippen molar-refractivity contribution >= 4 is 5.91 Å². The summed E-state index contributed by atoms with van der Waals surface area (Å²) in [6.45, 7) is 1.23. The van der Waals surface area contributed by atoms with E-state index in [9.17, 15) is 4.79 Å². The Hall–Kier alpha value is -2.40. The van der Waals surface area contributed by atoms with Crippen LogP contribution in [0.2, 0.25) is 0 Å². The first kappa shape index (κ1) is 14.5. The van der Waals surface area contributed by atoms with Crippen molar-refractivity contribution in [2.75, 3.05) is 13.1 Å². The summed E-state index contributed by atoms with van der Waals surface area (Å²) in [5, 5.41) is 0. The van der Waals surface area contributed by atoms with Crippen LogP contribution in [0.1, 0.15) is 18.0 Å². The first-order chi connectivity index (χ1) is 10.7. The van der Waals surface area contributed by atoms with E-state index in [1.54, 1.807) is 17.3 Å². The van der Waals surface area contributed by atoms with Gasteiger partial charge in [-0.15, -0.1) is 0 Å². The minimum atomic E-state index is -0.613. The highest BCUT2D eigenvalue weighted by Crippen LogP contribution is 2.20. The van der Waals surface area contributed by atoms with Crippen molar-refractivity contribution in [1.29, 1.82) is 0 Å². The van der Waals surface area contributed by atoms with Gasteiger partial charge in [-0.05, 0) is 17.7 Å². The summed E-state index contributed by atoms with van der Waals surface area (Å²) in [5.74, 6) is 0.678. The number of nitrogens with zero attached hydrogens (tertiary/aromatic N) is 2. The van der Waals surface area contributed by atoms with Crippen molar-refractivity contribution in [3.8, 4) is 5.75 Å². The van der Waals surface area contributed by atoms with E-state index in [-0.39, 0.29) is 12.0 Å². The Kier molecular flexibility index (Phi) is 4.34. The lowest BCUT2D eigenvalue weighted by atomic mass is 10.1. The summed E-state index contributed by atoms with van der Waals surface area (Å²) in [7, 11) is 0. The molecule has 22 heavy (non-hydrogen) atoms. The maximum Gasteiger partial charge on any atom is 0.244 e. The molecule has 1 aromatic carbocycles. The van der Waals surface area contributed by atoms with Crippen LogP contribution in [-0.4, -0.2) is 35.0 Å². The fraction of sp³-hybridized carbons (Fsp3) is 0.294. The molecule has 1 saturated heterocycles. The van der Waals surface area contributed by atoms with Gasteiger partial charge in [0.25, 0.3) is 0 Å². The zero-order valence-corrected chi connectivity index (χ0v) is 12.3. The third kappa shape index (κ3) is 3.26. The molecule has 5 heteroatoms. The largest absolute Gasteiger partial charge is 0.487 e. The van der Waals surface area contributed by atoms with E-state index >= 15 is 0 Å². The average molecular weight is 297 g/mol. The first-order valence-corrected chi connectivity index (χ1v) is 7.40. The van der Waals surface area contributed by atoms with Crippen LogP contribution in [0.3, 0.4) is 0 Å². The van der Waals surface area contributed by atoms with Crippen LogP contribution in [0.15, 0.2) is 54.9 Å². The molecule has 0 bridgehead atoms. The van der Waals surface area contributed by atoms with Crippen LogP contribution < -0.4 is 10.5 Å². The van der Waals surface area contributed by atoms with E-state index in [0.717, 1.165) is 17.7 Å². The van der Waals surface area contributed by atoms with Crippen LogP contribution in [0.5, 0.6) is 5.75 Å². The highest BCUT2D eigenvalue weighted by molar-refractivity contribution is 5.83. The monoisotopic (exact) mass is 297 g/mol. The Morgan fingerprint density at radius 3 is 2.82 bits per heavy atom. The Bertz CT molecular complexity index is 618. The van der Waals surface area contributed by atoms with Gasteiger partial charge in [-0.2, -0.15) is 0 Å². The molecule has 1 aliphatic heterocycles. The molecule has 1 aliphatic rings. The number of likely N-dealkylation sites (tertiary alicyclic amines) is 1. The van der Waals surface area contributed by atoms with Crippen LogP contribution >= 0.6 is 0 Å². The fourth-order valence-electron chi connectivity index (χ4n) is 2.63. The molecule has 2 heterocycles. The minimum Gasteiger partial charge on any atom is -0.487 e. The molecule has 1 fully saturated rings. The Balaban J connectivity index is 1.59. The maximum absolute atomic E-state index is 12.5. The lowest BCUT2D eigenvalue weighted by Gasteiger charge is -2.21. The molecule has 1 amide bonds. The summed E-state index contributed by atoms with van der Waals surface area (Å²) >= 11 is 0. The Labute approximate surface area is 129 Å². The molecule has 0 radical (unpaired) electrons. The summed E-state index contributed by atoms with van der Waals surface area (Å²) in [6.07, 6.45) is 4.19. The molecule has 0 saturated carbocycles. The van der Waals surface area contributed by atoms with Gasteiger partial charge >= 0.3 is 0 Å². The summed E-state index contributed by atoms with van der Waals surface area (Å²) in [6, 6.07) is 12.5. The van der Waals surface area contributed by atoms with Gasteiger partial charge in [0.2, 0.25) is 5.91 Å². The number of nitrogens with two attached hydrogens (primary N) is 1. The second-order valence-corrected chi connectivity index (χ2v) is 5.39. The predicted octanol–water partition coefficient (Wildman–Crippen LogP) is 1.76. The van der Waals surface area contributed by atoms with Crippen LogP contribution in [0.4, 0.5) is 0 Å². The van der Waals surface area contributed by atoms with Gasteiger partial charge in [0.15, 0.2) is 0 Å². The van der Waals surface area contributed by atoms with Crippen molar-refractivity contribution in [1.82, 2.24) is 9.88 Å². The molecule has 3 rings (SSSR count). The summed E-state index contributed by atoms with van der Waals surface area (Å²) in [5.41, 5.74) is 6.91. The number of hydrogen-bond acceptors (Lipinski definition) is 4. The number of ether oxygens (including phenoxy) is 1. The third-order valence-electron chi connectivity index (χ3n) is 3.82. The number of pyridine rings is 1. The minimum absolute atomic E-state index is 0.00359. The predicted molar refractivity (Wildman–Crippen MR) is 83.2 cm³/mol. The topological polar surface area (TPSA) is 68.5 Å². The van der Waals surface area contributed by atoms with Gasteiger partial charge in [0.05, 0.1) is 12.7 Å². The Morgan fingerprint density at radius 2 is 2.09 bits per heavy atom. The van der Waals surface area contributed by atoms with Crippen molar-refractivity contribution in [2.24, 2.45) is 5.73 Å². The van der Waals surface area contributed by atoms with E-state index in [1.165, 1.54) is 0 Å². The van der Waals surface area contributed by atoms with E-state index in [2.05, 4.69) is 4.98 Å². The summed E-state index contributed by atoms with van der Waals surface area (Å²) < 4.78 is 5.84. The van der Waals surface area contributed by atoms with Crippen LogP contribution in [0, 0.1) is 0 Å². The average Bonchev–Trinajstić information content (AvgIpc) is 3.04. The van der Waals surface area contributed by atoms with Gasteiger partial charge in [0, 0.05) is 19.2 Å². The molecule has 5 nitrogen and oxygen atoms in total. The molecule has 114 valence electrons. The molecule has 0 spiro atoms. The molecule has 1 aromatic heterocycles. The van der Waals surface area contributed by atoms with Crippen LogP contribution in [0.25, 0.3) is 0 Å². The highest BCUT2D eigenvalue weighted by Gasteiger charge is 2.30. The fourth-order valence-corrected chi connectivity index (χ4v) is 2.63. The number of carbonyl (C=O) groups excluding carboxylic acids is 1.